The number of hydrogen-bond donors (Lipinski definition) is 1. The number of piperidine rings is 1. The Kier molecular flexibility index (Phi) is 6.19. The van der Waals surface area contributed by atoms with Gasteiger partial charge in [-0.25, -0.2) is 4.79 Å². The van der Waals surface area contributed by atoms with Gasteiger partial charge in [0, 0.05) is 12.6 Å². The van der Waals surface area contributed by atoms with Crippen molar-refractivity contribution < 1.29 is 23.5 Å². The summed E-state index contributed by atoms with van der Waals surface area (Å²) in [5.41, 5.74) is 0.330. The highest BCUT2D eigenvalue weighted by Gasteiger charge is 2.39. The van der Waals surface area contributed by atoms with Gasteiger partial charge in [-0.2, -0.15) is 0 Å². The van der Waals surface area contributed by atoms with Crippen LogP contribution in [0, 0.1) is 11.8 Å². The van der Waals surface area contributed by atoms with E-state index in [2.05, 4.69) is 12.2 Å². The van der Waals surface area contributed by atoms with E-state index in [4.69, 9.17) is 9.15 Å². The normalized spacial score (nSPS) is 26.0. The summed E-state index contributed by atoms with van der Waals surface area (Å²) in [4.78, 5) is 38.6. The molecule has 1 aromatic heterocycles. The Morgan fingerprint density at radius 2 is 2.07 bits per heavy atom. The van der Waals surface area contributed by atoms with Crippen LogP contribution < -0.4 is 5.32 Å². The van der Waals surface area contributed by atoms with Gasteiger partial charge in [-0.3, -0.25) is 9.59 Å². The van der Waals surface area contributed by atoms with Crippen LogP contribution >= 0.6 is 0 Å². The first kappa shape index (κ1) is 19.5. The van der Waals surface area contributed by atoms with E-state index in [9.17, 15) is 14.4 Å². The van der Waals surface area contributed by atoms with Crippen LogP contribution in [0.5, 0.6) is 0 Å². The molecule has 7 nitrogen and oxygen atoms in total. The van der Waals surface area contributed by atoms with Crippen LogP contribution in [0.2, 0.25) is 0 Å². The number of esters is 1. The molecular weight excluding hydrogens is 348 g/mol. The summed E-state index contributed by atoms with van der Waals surface area (Å²) in [6.45, 7) is 4.26. The lowest BCUT2D eigenvalue weighted by Crippen LogP contribution is -2.53. The van der Waals surface area contributed by atoms with Crippen molar-refractivity contribution in [3.05, 3.63) is 24.2 Å². The van der Waals surface area contributed by atoms with E-state index in [0.29, 0.717) is 17.4 Å². The fourth-order valence-corrected chi connectivity index (χ4v) is 4.30. The van der Waals surface area contributed by atoms with Gasteiger partial charge in [-0.1, -0.05) is 19.8 Å². The smallest absolute Gasteiger partial charge is 0.328 e. The minimum Gasteiger partial charge on any atom is -0.472 e. The van der Waals surface area contributed by atoms with E-state index < -0.39 is 17.9 Å². The summed E-state index contributed by atoms with van der Waals surface area (Å²) in [7, 11) is 0. The summed E-state index contributed by atoms with van der Waals surface area (Å²) in [6.07, 6.45) is 8.27. The van der Waals surface area contributed by atoms with Gasteiger partial charge < -0.3 is 19.4 Å². The second kappa shape index (κ2) is 8.59. The maximum Gasteiger partial charge on any atom is 0.328 e. The fourth-order valence-electron chi connectivity index (χ4n) is 4.30. The molecule has 0 bridgehead atoms. The van der Waals surface area contributed by atoms with Gasteiger partial charge in [0.1, 0.15) is 12.3 Å². The molecule has 0 aromatic carbocycles. The Morgan fingerprint density at radius 1 is 1.30 bits per heavy atom. The molecule has 2 fully saturated rings. The van der Waals surface area contributed by atoms with E-state index in [0.717, 1.165) is 25.8 Å². The van der Waals surface area contributed by atoms with Crippen LogP contribution in [0.4, 0.5) is 0 Å². The number of amides is 2. The van der Waals surface area contributed by atoms with E-state index in [-0.39, 0.29) is 18.6 Å². The summed E-state index contributed by atoms with van der Waals surface area (Å²) in [5, 5.41) is 2.54. The zero-order valence-electron chi connectivity index (χ0n) is 16.0. The van der Waals surface area contributed by atoms with Gasteiger partial charge in [0.05, 0.1) is 11.8 Å². The zero-order valence-corrected chi connectivity index (χ0v) is 16.0. The lowest BCUT2D eigenvalue weighted by molar-refractivity contribution is -0.156. The first-order valence-electron chi connectivity index (χ1n) is 9.76. The fraction of sp³-hybridized carbons (Fsp3) is 0.650. The highest BCUT2D eigenvalue weighted by atomic mass is 16.5. The maximum absolute atomic E-state index is 12.6. The first-order chi connectivity index (χ1) is 13.0. The highest BCUT2D eigenvalue weighted by Crippen LogP contribution is 2.38. The minimum atomic E-state index is -0.844. The van der Waals surface area contributed by atoms with Gasteiger partial charge in [-0.05, 0) is 44.1 Å². The average Bonchev–Trinajstić information content (AvgIpc) is 3.21. The molecule has 4 atom stereocenters. The van der Waals surface area contributed by atoms with Crippen LogP contribution in [0.15, 0.2) is 23.0 Å². The van der Waals surface area contributed by atoms with E-state index >= 15 is 0 Å². The third-order valence-electron chi connectivity index (χ3n) is 5.88. The Labute approximate surface area is 159 Å². The molecule has 0 radical (unpaired) electrons. The molecule has 1 aliphatic carbocycles. The van der Waals surface area contributed by atoms with E-state index in [1.165, 1.54) is 38.4 Å². The molecule has 3 rings (SSSR count). The zero-order chi connectivity index (χ0) is 19.4. The number of hydrogen-bond acceptors (Lipinski definition) is 5. The van der Waals surface area contributed by atoms with Crippen molar-refractivity contribution in [1.82, 2.24) is 10.2 Å². The minimum absolute atomic E-state index is 0.138. The molecule has 148 valence electrons. The molecule has 2 heterocycles. The number of furan rings is 1. The number of nitrogens with zero attached hydrogens (tertiary/aromatic N) is 1. The predicted molar refractivity (Wildman–Crippen MR) is 97.8 cm³/mol. The van der Waals surface area contributed by atoms with Crippen molar-refractivity contribution >= 4 is 17.8 Å². The molecule has 7 heteroatoms. The Balaban J connectivity index is 1.49. The predicted octanol–water partition coefficient (Wildman–Crippen LogP) is 2.37. The summed E-state index contributed by atoms with van der Waals surface area (Å²) >= 11 is 0. The topological polar surface area (TPSA) is 88.9 Å². The second-order valence-electron chi connectivity index (χ2n) is 7.68. The quantitative estimate of drug-likeness (QED) is 0.797. The number of likely N-dealkylation sites (tertiary alicyclic amines) is 1. The number of nitrogens with one attached hydrogen (secondary N) is 1. The van der Waals surface area contributed by atoms with Crippen molar-refractivity contribution in [3.63, 3.8) is 0 Å². The highest BCUT2D eigenvalue weighted by molar-refractivity contribution is 5.96. The van der Waals surface area contributed by atoms with Crippen LogP contribution in [0.3, 0.4) is 0 Å². The molecule has 1 aliphatic heterocycles. The van der Waals surface area contributed by atoms with Crippen molar-refractivity contribution in [2.24, 2.45) is 11.8 Å². The first-order valence-corrected chi connectivity index (χ1v) is 9.76. The summed E-state index contributed by atoms with van der Waals surface area (Å²) < 4.78 is 10.0. The third-order valence-corrected chi connectivity index (χ3v) is 5.88. The summed E-state index contributed by atoms with van der Waals surface area (Å²) in [5.74, 6) is 0.0150. The molecule has 0 spiro atoms. The van der Waals surface area contributed by atoms with E-state index in [1.54, 1.807) is 0 Å². The molecule has 0 unspecified atom stereocenters. The standard InChI is InChI=1S/C20H28N2O5/c1-13-7-9-22(17-6-4-3-5-16(13)17)18(23)12-27-20(25)14(2)21-19(24)15-8-10-26-11-15/h8,10-11,13-14,16-17H,3-7,9,12H2,1-2H3,(H,21,24)/t13-,14-,16+,17+/m0/s1. The Bertz CT molecular complexity index is 672. The average molecular weight is 376 g/mol. The molecule has 1 saturated heterocycles. The van der Waals surface area contributed by atoms with Crippen LogP contribution in [-0.2, 0) is 14.3 Å². The van der Waals surface area contributed by atoms with Gasteiger partial charge in [0.15, 0.2) is 6.61 Å². The van der Waals surface area contributed by atoms with Gasteiger partial charge in [0.25, 0.3) is 11.8 Å². The molecular formula is C20H28N2O5. The number of ether oxygens (including phenoxy) is 1. The Hall–Kier alpha value is -2.31. The van der Waals surface area contributed by atoms with Crippen LogP contribution in [-0.4, -0.2) is 47.9 Å². The molecule has 1 aromatic rings. The van der Waals surface area contributed by atoms with E-state index in [1.807, 2.05) is 4.90 Å². The lowest BCUT2D eigenvalue weighted by atomic mass is 9.72. The SMILES string of the molecule is C[C@H](NC(=O)c1ccoc1)C(=O)OCC(=O)N1CC[C@H](C)[C@H]2CCCC[C@H]21. The van der Waals surface area contributed by atoms with Gasteiger partial charge in [0.2, 0.25) is 0 Å². The van der Waals surface area contributed by atoms with Crippen LogP contribution in [0.1, 0.15) is 56.3 Å². The number of fused-ring (bicyclic) bond motifs is 1. The number of carbonyl (C=O) groups is 3. The second-order valence-corrected chi connectivity index (χ2v) is 7.68. The Morgan fingerprint density at radius 3 is 2.81 bits per heavy atom. The monoisotopic (exact) mass is 376 g/mol. The molecule has 2 aliphatic rings. The van der Waals surface area contributed by atoms with Crippen molar-refractivity contribution in [1.29, 1.82) is 0 Å². The van der Waals surface area contributed by atoms with Crippen molar-refractivity contribution in [2.75, 3.05) is 13.2 Å². The maximum atomic E-state index is 12.6. The summed E-state index contributed by atoms with van der Waals surface area (Å²) in [6, 6.07) is 0.936. The number of rotatable bonds is 5. The molecule has 1 N–H and O–H groups in total. The number of carbonyl (C=O) groups excluding carboxylic acids is 3. The van der Waals surface area contributed by atoms with Crippen molar-refractivity contribution in [3.8, 4) is 0 Å². The molecule has 1 saturated carbocycles. The lowest BCUT2D eigenvalue weighted by Gasteiger charge is -2.47. The van der Waals surface area contributed by atoms with Crippen molar-refractivity contribution in [2.45, 2.75) is 58.0 Å². The van der Waals surface area contributed by atoms with Gasteiger partial charge in [-0.15, -0.1) is 0 Å². The molecule has 27 heavy (non-hydrogen) atoms. The third kappa shape index (κ3) is 4.51. The molecule has 2 amide bonds. The largest absolute Gasteiger partial charge is 0.472 e. The van der Waals surface area contributed by atoms with Crippen LogP contribution in [0.25, 0.3) is 0 Å². The van der Waals surface area contributed by atoms with Gasteiger partial charge >= 0.3 is 5.97 Å².